The number of rotatable bonds is 5. The average Bonchev–Trinajstić information content (AvgIpc) is 2.77. The van der Waals surface area contributed by atoms with Crippen LogP contribution in [0.25, 0.3) is 0 Å². The van der Waals surface area contributed by atoms with Crippen molar-refractivity contribution in [2.75, 3.05) is 6.54 Å². The number of aryl methyl sites for hydroxylation is 1. The molecule has 1 aliphatic carbocycles. The fourth-order valence-electron chi connectivity index (χ4n) is 2.77. The Labute approximate surface area is 105 Å². The zero-order valence-electron chi connectivity index (χ0n) is 11.2. The van der Waals surface area contributed by atoms with Crippen LogP contribution in [0.15, 0.2) is 16.5 Å². The van der Waals surface area contributed by atoms with Gasteiger partial charge in [0.2, 0.25) is 0 Å². The molecule has 2 heteroatoms. The van der Waals surface area contributed by atoms with Gasteiger partial charge in [-0.25, -0.2) is 0 Å². The average molecular weight is 235 g/mol. The molecular weight excluding hydrogens is 210 g/mol. The van der Waals surface area contributed by atoms with Crippen LogP contribution in [0.3, 0.4) is 0 Å². The quantitative estimate of drug-likeness (QED) is 0.827. The van der Waals surface area contributed by atoms with E-state index in [0.717, 1.165) is 24.0 Å². The molecule has 0 bridgehead atoms. The summed E-state index contributed by atoms with van der Waals surface area (Å²) in [4.78, 5) is 0. The van der Waals surface area contributed by atoms with E-state index in [1.165, 1.54) is 38.5 Å². The van der Waals surface area contributed by atoms with Crippen LogP contribution < -0.4 is 5.32 Å². The highest BCUT2D eigenvalue weighted by Gasteiger charge is 2.14. The van der Waals surface area contributed by atoms with E-state index in [4.69, 9.17) is 4.42 Å². The highest BCUT2D eigenvalue weighted by molar-refractivity contribution is 5.08. The molecule has 2 rings (SSSR count). The molecule has 1 aromatic heterocycles. The largest absolute Gasteiger partial charge is 0.465 e. The van der Waals surface area contributed by atoms with Crippen LogP contribution in [-0.4, -0.2) is 6.54 Å². The van der Waals surface area contributed by atoms with Gasteiger partial charge < -0.3 is 9.73 Å². The van der Waals surface area contributed by atoms with E-state index in [0.29, 0.717) is 6.04 Å². The van der Waals surface area contributed by atoms with Crippen molar-refractivity contribution in [1.82, 2.24) is 5.32 Å². The minimum atomic E-state index is 0.340. The van der Waals surface area contributed by atoms with Crippen LogP contribution in [0.5, 0.6) is 0 Å². The molecule has 2 nitrogen and oxygen atoms in total. The Kier molecular flexibility index (Phi) is 4.66. The zero-order valence-corrected chi connectivity index (χ0v) is 11.2. The third kappa shape index (κ3) is 3.88. The fraction of sp³-hybridized carbons (Fsp3) is 0.733. The Morgan fingerprint density at radius 1 is 1.29 bits per heavy atom. The lowest BCUT2D eigenvalue weighted by atomic mass is 9.87. The number of furan rings is 1. The van der Waals surface area contributed by atoms with Gasteiger partial charge in [-0.3, -0.25) is 0 Å². The lowest BCUT2D eigenvalue weighted by Gasteiger charge is -2.22. The van der Waals surface area contributed by atoms with E-state index in [-0.39, 0.29) is 0 Å². The molecule has 1 heterocycles. The maximum absolute atomic E-state index is 5.63. The van der Waals surface area contributed by atoms with Crippen molar-refractivity contribution in [2.45, 2.75) is 58.4 Å². The van der Waals surface area contributed by atoms with Crippen LogP contribution in [0.4, 0.5) is 0 Å². The van der Waals surface area contributed by atoms with Gasteiger partial charge >= 0.3 is 0 Å². The maximum Gasteiger partial charge on any atom is 0.120 e. The van der Waals surface area contributed by atoms with E-state index in [1.54, 1.807) is 0 Å². The maximum atomic E-state index is 5.63. The second-order valence-electron chi connectivity index (χ2n) is 5.42. The predicted molar refractivity (Wildman–Crippen MR) is 71.1 cm³/mol. The first-order valence-electron chi connectivity index (χ1n) is 7.05. The van der Waals surface area contributed by atoms with E-state index < -0.39 is 0 Å². The summed E-state index contributed by atoms with van der Waals surface area (Å²) < 4.78 is 5.63. The molecule has 0 aliphatic heterocycles. The van der Waals surface area contributed by atoms with Crippen molar-refractivity contribution >= 4 is 0 Å². The summed E-state index contributed by atoms with van der Waals surface area (Å²) in [6.07, 6.45) is 8.54. The summed E-state index contributed by atoms with van der Waals surface area (Å²) in [6.45, 7) is 5.29. The molecule has 1 unspecified atom stereocenters. The molecule has 1 fully saturated rings. The molecule has 17 heavy (non-hydrogen) atoms. The molecule has 1 N–H and O–H groups in total. The third-order valence-electron chi connectivity index (χ3n) is 3.92. The van der Waals surface area contributed by atoms with Crippen molar-refractivity contribution in [3.05, 3.63) is 23.7 Å². The molecule has 96 valence electrons. The molecule has 0 aromatic carbocycles. The zero-order chi connectivity index (χ0) is 12.1. The second-order valence-corrected chi connectivity index (χ2v) is 5.42. The molecule has 0 saturated heterocycles. The normalized spacial score (nSPS) is 19.4. The van der Waals surface area contributed by atoms with Gasteiger partial charge in [-0.1, -0.05) is 32.1 Å². The predicted octanol–water partition coefficient (Wildman–Crippen LogP) is 4.21. The summed E-state index contributed by atoms with van der Waals surface area (Å²) in [5, 5.41) is 3.57. The summed E-state index contributed by atoms with van der Waals surface area (Å²) in [6, 6.07) is 4.45. The van der Waals surface area contributed by atoms with Crippen molar-refractivity contribution in [1.29, 1.82) is 0 Å². The van der Waals surface area contributed by atoms with E-state index in [9.17, 15) is 0 Å². The van der Waals surface area contributed by atoms with Crippen molar-refractivity contribution < 1.29 is 4.42 Å². The molecule has 0 amide bonds. The first kappa shape index (κ1) is 12.7. The Bertz CT molecular complexity index is 325. The minimum absolute atomic E-state index is 0.340. The van der Waals surface area contributed by atoms with Gasteiger partial charge in [-0.15, -0.1) is 0 Å². The van der Waals surface area contributed by atoms with Crippen LogP contribution in [-0.2, 0) is 0 Å². The number of hydrogen-bond donors (Lipinski definition) is 1. The molecule has 0 spiro atoms. The molecule has 0 radical (unpaired) electrons. The van der Waals surface area contributed by atoms with E-state index >= 15 is 0 Å². The third-order valence-corrected chi connectivity index (χ3v) is 3.92. The highest BCUT2D eigenvalue weighted by atomic mass is 16.3. The fourth-order valence-corrected chi connectivity index (χ4v) is 2.77. The van der Waals surface area contributed by atoms with Gasteiger partial charge in [-0.05, 0) is 44.9 Å². The van der Waals surface area contributed by atoms with Gasteiger partial charge in [0.05, 0.1) is 6.04 Å². The lowest BCUT2D eigenvalue weighted by molar-refractivity contribution is 0.323. The number of nitrogens with one attached hydrogen (secondary N) is 1. The first-order valence-corrected chi connectivity index (χ1v) is 7.05. The second kappa shape index (κ2) is 6.25. The van der Waals surface area contributed by atoms with Gasteiger partial charge in [0, 0.05) is 0 Å². The van der Waals surface area contributed by atoms with Crippen molar-refractivity contribution in [3.63, 3.8) is 0 Å². The smallest absolute Gasteiger partial charge is 0.120 e. The topological polar surface area (TPSA) is 25.2 Å². The summed E-state index contributed by atoms with van der Waals surface area (Å²) in [7, 11) is 0. The number of hydrogen-bond acceptors (Lipinski definition) is 2. The Balaban J connectivity index is 1.67. The molecule has 1 saturated carbocycles. The van der Waals surface area contributed by atoms with E-state index in [1.807, 2.05) is 13.0 Å². The molecule has 1 aliphatic rings. The van der Waals surface area contributed by atoms with Gasteiger partial charge in [0.15, 0.2) is 0 Å². The van der Waals surface area contributed by atoms with Gasteiger partial charge in [0.1, 0.15) is 11.5 Å². The van der Waals surface area contributed by atoms with Crippen LogP contribution in [0.2, 0.25) is 0 Å². The lowest BCUT2D eigenvalue weighted by Crippen LogP contribution is -2.22. The SMILES string of the molecule is Cc1ccc(C(C)NCCC2CCCCC2)o1. The van der Waals surface area contributed by atoms with E-state index in [2.05, 4.69) is 18.3 Å². The van der Waals surface area contributed by atoms with Gasteiger partial charge in [-0.2, -0.15) is 0 Å². The summed E-state index contributed by atoms with van der Waals surface area (Å²) in [5.41, 5.74) is 0. The molecular formula is C15H25NO. The van der Waals surface area contributed by atoms with Crippen molar-refractivity contribution in [3.8, 4) is 0 Å². The van der Waals surface area contributed by atoms with Crippen LogP contribution in [0, 0.1) is 12.8 Å². The summed E-state index contributed by atoms with van der Waals surface area (Å²) >= 11 is 0. The monoisotopic (exact) mass is 235 g/mol. The molecule has 1 atom stereocenters. The van der Waals surface area contributed by atoms with Crippen molar-refractivity contribution in [2.24, 2.45) is 5.92 Å². The minimum Gasteiger partial charge on any atom is -0.465 e. The van der Waals surface area contributed by atoms with Crippen LogP contribution >= 0.6 is 0 Å². The molecule has 1 aromatic rings. The standard InChI is InChI=1S/C15H25NO/c1-12-8-9-15(17-12)13(2)16-11-10-14-6-4-3-5-7-14/h8-9,13-14,16H,3-7,10-11H2,1-2H3. The van der Waals surface area contributed by atoms with Gasteiger partial charge in [0.25, 0.3) is 0 Å². The Morgan fingerprint density at radius 3 is 2.71 bits per heavy atom. The first-order chi connectivity index (χ1) is 8.25. The summed E-state index contributed by atoms with van der Waals surface area (Å²) in [5.74, 6) is 3.02. The Hall–Kier alpha value is -0.760. The highest BCUT2D eigenvalue weighted by Crippen LogP contribution is 2.26. The Morgan fingerprint density at radius 2 is 2.06 bits per heavy atom. The van der Waals surface area contributed by atoms with Crippen LogP contribution in [0.1, 0.15) is 63.0 Å².